The number of pyridine rings is 1. The molecule has 4 rings (SSSR count). The van der Waals surface area contributed by atoms with Crippen LogP contribution in [-0.4, -0.2) is 51.6 Å². The molecule has 2 aromatic rings. The molecule has 0 aliphatic carbocycles. The number of hydrogen-bond donors (Lipinski definition) is 0. The van der Waals surface area contributed by atoms with Gasteiger partial charge in [0.05, 0.1) is 17.0 Å². The van der Waals surface area contributed by atoms with Crippen molar-refractivity contribution in [2.24, 2.45) is 0 Å². The van der Waals surface area contributed by atoms with Gasteiger partial charge in [-0.05, 0) is 45.2 Å². The number of aryl methyl sites for hydroxylation is 1. The third kappa shape index (κ3) is 4.13. The summed E-state index contributed by atoms with van der Waals surface area (Å²) in [6.45, 7) is 5.64. The highest BCUT2D eigenvalue weighted by molar-refractivity contribution is 7.89. The molecule has 2 fully saturated rings. The topological polar surface area (TPSA) is 94.5 Å². The monoisotopic (exact) mass is 432 g/mol. The van der Waals surface area contributed by atoms with Gasteiger partial charge >= 0.3 is 0 Å². The van der Waals surface area contributed by atoms with Crippen LogP contribution in [0.15, 0.2) is 24.7 Å². The molecular weight excluding hydrogens is 404 g/mol. The molecule has 9 heteroatoms. The largest absolute Gasteiger partial charge is 0.474 e. The van der Waals surface area contributed by atoms with Gasteiger partial charge in [0.1, 0.15) is 12.4 Å². The standard InChI is InChI=1S/C21H28N4O4S/c1-4-10-30(26,27)25-16-7-8-17(25)12-18(11-16)28-20-14(2)21(24-13-23-20)29-19-6-5-9-22-15(19)3/h5-6,9,13,16-18H,4,7-8,10-12H2,1-3H3. The van der Waals surface area contributed by atoms with Crippen LogP contribution in [-0.2, 0) is 10.0 Å². The van der Waals surface area contributed by atoms with Crippen molar-refractivity contribution in [1.82, 2.24) is 19.3 Å². The third-order valence-corrected chi connectivity index (χ3v) is 8.00. The second kappa shape index (κ2) is 8.47. The minimum absolute atomic E-state index is 0.0150. The number of fused-ring (bicyclic) bond motifs is 2. The van der Waals surface area contributed by atoms with Gasteiger partial charge < -0.3 is 9.47 Å². The second-order valence-corrected chi connectivity index (χ2v) is 10.0. The van der Waals surface area contributed by atoms with Gasteiger partial charge in [0.15, 0.2) is 5.75 Å². The Bertz CT molecular complexity index is 1000. The van der Waals surface area contributed by atoms with Crippen LogP contribution in [0.25, 0.3) is 0 Å². The first-order chi connectivity index (χ1) is 14.4. The molecule has 162 valence electrons. The molecule has 0 spiro atoms. The SMILES string of the molecule is CCCS(=O)(=O)N1C2CCC1CC(Oc1ncnc(Oc3cccnc3C)c1C)C2. The molecule has 2 aromatic heterocycles. The number of sulfonamides is 1. The van der Waals surface area contributed by atoms with Crippen LogP contribution in [0.5, 0.6) is 17.5 Å². The minimum Gasteiger partial charge on any atom is -0.474 e. The lowest BCUT2D eigenvalue weighted by atomic mass is 10.0. The lowest BCUT2D eigenvalue weighted by Gasteiger charge is -2.37. The zero-order valence-corrected chi connectivity index (χ0v) is 18.4. The van der Waals surface area contributed by atoms with Crippen LogP contribution >= 0.6 is 0 Å². The average Bonchev–Trinajstić information content (AvgIpc) is 2.99. The Kier molecular flexibility index (Phi) is 5.92. The van der Waals surface area contributed by atoms with Crippen LogP contribution in [0.2, 0.25) is 0 Å². The van der Waals surface area contributed by atoms with Crippen LogP contribution in [0.1, 0.15) is 50.3 Å². The van der Waals surface area contributed by atoms with E-state index in [2.05, 4.69) is 15.0 Å². The maximum atomic E-state index is 12.7. The number of rotatable bonds is 7. The van der Waals surface area contributed by atoms with Crippen molar-refractivity contribution >= 4 is 10.0 Å². The van der Waals surface area contributed by atoms with E-state index < -0.39 is 10.0 Å². The van der Waals surface area contributed by atoms with Gasteiger partial charge in [-0.15, -0.1) is 0 Å². The second-order valence-electron chi connectivity index (χ2n) is 8.04. The molecule has 2 unspecified atom stereocenters. The third-order valence-electron chi connectivity index (χ3n) is 5.84. The summed E-state index contributed by atoms with van der Waals surface area (Å²) in [7, 11) is -3.19. The summed E-state index contributed by atoms with van der Waals surface area (Å²) < 4.78 is 39.2. The van der Waals surface area contributed by atoms with Gasteiger partial charge in [0.25, 0.3) is 0 Å². The van der Waals surface area contributed by atoms with Crippen LogP contribution in [0, 0.1) is 13.8 Å². The summed E-state index contributed by atoms with van der Waals surface area (Å²) in [5, 5.41) is 0. The molecule has 0 N–H and O–H groups in total. The van der Waals surface area contributed by atoms with E-state index in [1.807, 2.05) is 32.9 Å². The molecule has 2 bridgehead atoms. The number of aromatic nitrogens is 3. The number of ether oxygens (including phenoxy) is 2. The van der Waals surface area contributed by atoms with E-state index >= 15 is 0 Å². The van der Waals surface area contributed by atoms with Crippen LogP contribution in [0.3, 0.4) is 0 Å². The molecule has 2 saturated heterocycles. The van der Waals surface area contributed by atoms with Crippen molar-refractivity contribution in [1.29, 1.82) is 0 Å². The van der Waals surface area contributed by atoms with Crippen LogP contribution < -0.4 is 9.47 Å². The summed E-state index contributed by atoms with van der Waals surface area (Å²) in [6.07, 6.45) is 6.86. The molecule has 0 aromatic carbocycles. The summed E-state index contributed by atoms with van der Waals surface area (Å²) in [4.78, 5) is 12.8. The zero-order valence-electron chi connectivity index (χ0n) is 17.6. The van der Waals surface area contributed by atoms with Crippen molar-refractivity contribution in [3.8, 4) is 17.5 Å². The van der Waals surface area contributed by atoms with Crippen molar-refractivity contribution in [2.75, 3.05) is 5.75 Å². The predicted octanol–water partition coefficient (Wildman–Crippen LogP) is 3.39. The minimum atomic E-state index is -3.19. The van der Waals surface area contributed by atoms with Gasteiger partial charge in [-0.1, -0.05) is 6.92 Å². The molecular formula is C21H28N4O4S. The van der Waals surface area contributed by atoms with E-state index in [1.54, 1.807) is 10.5 Å². The van der Waals surface area contributed by atoms with E-state index in [-0.39, 0.29) is 23.9 Å². The Labute approximate surface area is 177 Å². The summed E-state index contributed by atoms with van der Waals surface area (Å²) >= 11 is 0. The molecule has 4 heterocycles. The maximum Gasteiger partial charge on any atom is 0.229 e. The Morgan fingerprint density at radius 3 is 2.47 bits per heavy atom. The fraction of sp³-hybridized carbons (Fsp3) is 0.571. The highest BCUT2D eigenvalue weighted by Gasteiger charge is 2.47. The molecule has 30 heavy (non-hydrogen) atoms. The molecule has 0 amide bonds. The highest BCUT2D eigenvalue weighted by Crippen LogP contribution is 2.40. The predicted molar refractivity (Wildman–Crippen MR) is 112 cm³/mol. The summed E-state index contributed by atoms with van der Waals surface area (Å²) in [5.74, 6) is 1.76. The first-order valence-corrected chi connectivity index (χ1v) is 12.1. The molecule has 2 aliphatic rings. The lowest BCUT2D eigenvalue weighted by Crippen LogP contribution is -2.49. The Hall–Kier alpha value is -2.26. The Morgan fingerprint density at radius 1 is 1.10 bits per heavy atom. The number of nitrogens with zero attached hydrogens (tertiary/aromatic N) is 4. The fourth-order valence-electron chi connectivity index (χ4n) is 4.48. The maximum absolute atomic E-state index is 12.7. The van der Waals surface area contributed by atoms with Crippen LogP contribution in [0.4, 0.5) is 0 Å². The van der Waals surface area contributed by atoms with Gasteiger partial charge in [-0.3, -0.25) is 4.98 Å². The molecule has 0 radical (unpaired) electrons. The Morgan fingerprint density at radius 2 is 1.80 bits per heavy atom. The Balaban J connectivity index is 1.48. The van der Waals surface area contributed by atoms with E-state index in [0.29, 0.717) is 42.3 Å². The zero-order chi connectivity index (χ0) is 21.3. The van der Waals surface area contributed by atoms with Crippen molar-refractivity contribution in [3.63, 3.8) is 0 Å². The van der Waals surface area contributed by atoms with Gasteiger partial charge in [-0.2, -0.15) is 4.31 Å². The number of piperidine rings is 1. The van der Waals surface area contributed by atoms with E-state index in [9.17, 15) is 8.42 Å². The lowest BCUT2D eigenvalue weighted by molar-refractivity contribution is 0.0907. The number of hydrogen-bond acceptors (Lipinski definition) is 7. The van der Waals surface area contributed by atoms with Gasteiger partial charge in [0, 0.05) is 31.1 Å². The highest BCUT2D eigenvalue weighted by atomic mass is 32.2. The van der Waals surface area contributed by atoms with E-state index in [1.165, 1.54) is 6.33 Å². The first kappa shape index (κ1) is 21.0. The molecule has 0 saturated carbocycles. The fourth-order valence-corrected chi connectivity index (χ4v) is 6.50. The molecule has 2 aliphatic heterocycles. The summed E-state index contributed by atoms with van der Waals surface area (Å²) in [5.41, 5.74) is 1.49. The van der Waals surface area contributed by atoms with Gasteiger partial charge in [0.2, 0.25) is 21.8 Å². The molecule has 8 nitrogen and oxygen atoms in total. The smallest absolute Gasteiger partial charge is 0.229 e. The van der Waals surface area contributed by atoms with Gasteiger partial charge in [-0.25, -0.2) is 18.4 Å². The van der Waals surface area contributed by atoms with E-state index in [0.717, 1.165) is 18.5 Å². The first-order valence-electron chi connectivity index (χ1n) is 10.5. The van der Waals surface area contributed by atoms with Crippen molar-refractivity contribution in [3.05, 3.63) is 35.9 Å². The van der Waals surface area contributed by atoms with E-state index in [4.69, 9.17) is 9.47 Å². The summed E-state index contributed by atoms with van der Waals surface area (Å²) in [6, 6.07) is 3.68. The average molecular weight is 433 g/mol. The van der Waals surface area contributed by atoms with Crippen molar-refractivity contribution < 1.29 is 17.9 Å². The van der Waals surface area contributed by atoms with Crippen molar-refractivity contribution in [2.45, 2.75) is 71.1 Å². The normalized spacial score (nSPS) is 24.0. The quantitative estimate of drug-likeness (QED) is 0.662. The molecule has 2 atom stereocenters.